The maximum absolute atomic E-state index is 13.7. The number of nitrogens with one attached hydrogen (secondary N) is 1. The van der Waals surface area contributed by atoms with Gasteiger partial charge < -0.3 is 10.1 Å². The Morgan fingerprint density at radius 3 is 2.65 bits per heavy atom. The minimum absolute atomic E-state index is 0.0385. The lowest BCUT2D eigenvalue weighted by molar-refractivity contribution is -0.0498. The zero-order valence-electron chi connectivity index (χ0n) is 10.2. The first-order chi connectivity index (χ1) is 9.56. The molecular formula is C14H11ClF3NO. The van der Waals surface area contributed by atoms with Gasteiger partial charge in [0.25, 0.3) is 0 Å². The van der Waals surface area contributed by atoms with Crippen molar-refractivity contribution in [1.82, 2.24) is 0 Å². The van der Waals surface area contributed by atoms with E-state index in [9.17, 15) is 13.2 Å². The van der Waals surface area contributed by atoms with Gasteiger partial charge in [0, 0.05) is 23.9 Å². The second-order valence-corrected chi connectivity index (χ2v) is 4.38. The SMILES string of the molecule is Fc1c(Cl)cccc1CNc1cccc(OC(F)F)c1. The zero-order valence-corrected chi connectivity index (χ0v) is 11.0. The van der Waals surface area contributed by atoms with Gasteiger partial charge in [-0.15, -0.1) is 0 Å². The fraction of sp³-hybridized carbons (Fsp3) is 0.143. The third kappa shape index (κ3) is 3.81. The first-order valence-corrected chi connectivity index (χ1v) is 6.15. The Labute approximate surface area is 119 Å². The third-order valence-electron chi connectivity index (χ3n) is 2.57. The van der Waals surface area contributed by atoms with Crippen LogP contribution in [0.4, 0.5) is 18.9 Å². The van der Waals surface area contributed by atoms with E-state index in [1.54, 1.807) is 24.3 Å². The summed E-state index contributed by atoms with van der Waals surface area (Å²) in [7, 11) is 0. The van der Waals surface area contributed by atoms with E-state index in [0.29, 0.717) is 11.3 Å². The van der Waals surface area contributed by atoms with Gasteiger partial charge >= 0.3 is 6.61 Å². The van der Waals surface area contributed by atoms with Crippen LogP contribution in [-0.4, -0.2) is 6.61 Å². The van der Waals surface area contributed by atoms with Gasteiger partial charge in [-0.2, -0.15) is 8.78 Å². The predicted molar refractivity (Wildman–Crippen MR) is 71.8 cm³/mol. The molecule has 106 valence electrons. The minimum atomic E-state index is -2.88. The van der Waals surface area contributed by atoms with E-state index in [2.05, 4.69) is 10.1 Å². The molecule has 0 saturated carbocycles. The average Bonchev–Trinajstić information content (AvgIpc) is 2.40. The molecule has 6 heteroatoms. The standard InChI is InChI=1S/C14H11ClF3NO/c15-12-6-1-3-9(13(12)16)8-19-10-4-2-5-11(7-10)20-14(17)18/h1-7,14,19H,8H2. The molecule has 0 saturated heterocycles. The van der Waals surface area contributed by atoms with Crippen molar-refractivity contribution in [3.05, 3.63) is 58.9 Å². The quantitative estimate of drug-likeness (QED) is 0.865. The maximum Gasteiger partial charge on any atom is 0.387 e. The summed E-state index contributed by atoms with van der Waals surface area (Å²) in [5, 5.41) is 2.96. The van der Waals surface area contributed by atoms with Gasteiger partial charge in [0.1, 0.15) is 11.6 Å². The van der Waals surface area contributed by atoms with E-state index in [1.165, 1.54) is 18.2 Å². The summed E-state index contributed by atoms with van der Waals surface area (Å²) in [6, 6.07) is 10.7. The molecule has 0 aliphatic rings. The van der Waals surface area contributed by atoms with Crippen molar-refractivity contribution in [2.45, 2.75) is 13.2 Å². The lowest BCUT2D eigenvalue weighted by Crippen LogP contribution is -2.04. The first kappa shape index (κ1) is 14.5. The fourth-order valence-corrected chi connectivity index (χ4v) is 1.86. The summed E-state index contributed by atoms with van der Waals surface area (Å²) in [5.41, 5.74) is 0.931. The van der Waals surface area contributed by atoms with E-state index in [4.69, 9.17) is 11.6 Å². The topological polar surface area (TPSA) is 21.3 Å². The van der Waals surface area contributed by atoms with Crippen LogP contribution in [-0.2, 0) is 6.54 Å². The number of halogens is 4. The number of benzene rings is 2. The lowest BCUT2D eigenvalue weighted by atomic mass is 10.2. The number of alkyl halides is 2. The van der Waals surface area contributed by atoms with E-state index in [-0.39, 0.29) is 17.3 Å². The normalized spacial score (nSPS) is 10.7. The van der Waals surface area contributed by atoms with Crippen LogP contribution < -0.4 is 10.1 Å². The first-order valence-electron chi connectivity index (χ1n) is 5.78. The van der Waals surface area contributed by atoms with Gasteiger partial charge in [-0.25, -0.2) is 4.39 Å². The molecule has 0 amide bonds. The summed E-state index contributed by atoms with van der Waals surface area (Å²) < 4.78 is 42.1. The van der Waals surface area contributed by atoms with Crippen molar-refractivity contribution in [2.75, 3.05) is 5.32 Å². The van der Waals surface area contributed by atoms with Crippen LogP contribution in [0.15, 0.2) is 42.5 Å². The lowest BCUT2D eigenvalue weighted by Gasteiger charge is -2.10. The van der Waals surface area contributed by atoms with Crippen LogP contribution in [0.25, 0.3) is 0 Å². The summed E-state index contributed by atoms with van der Waals surface area (Å²) in [5.74, 6) is -0.460. The molecule has 0 fully saturated rings. The van der Waals surface area contributed by atoms with Gasteiger partial charge in [0.05, 0.1) is 5.02 Å². The molecule has 2 aromatic carbocycles. The monoisotopic (exact) mass is 301 g/mol. The smallest absolute Gasteiger partial charge is 0.387 e. The van der Waals surface area contributed by atoms with Gasteiger partial charge in [-0.1, -0.05) is 29.8 Å². The zero-order chi connectivity index (χ0) is 14.5. The highest BCUT2D eigenvalue weighted by atomic mass is 35.5. The van der Waals surface area contributed by atoms with Gasteiger partial charge in [0.15, 0.2) is 0 Å². The molecule has 2 rings (SSSR count). The molecule has 0 bridgehead atoms. The van der Waals surface area contributed by atoms with Gasteiger partial charge in [-0.05, 0) is 18.2 Å². The molecule has 0 spiro atoms. The molecule has 0 radical (unpaired) electrons. The molecule has 2 nitrogen and oxygen atoms in total. The molecule has 20 heavy (non-hydrogen) atoms. The van der Waals surface area contributed by atoms with E-state index < -0.39 is 12.4 Å². The van der Waals surface area contributed by atoms with Crippen LogP contribution in [0.5, 0.6) is 5.75 Å². The maximum atomic E-state index is 13.7. The summed E-state index contributed by atoms with van der Waals surface area (Å²) in [4.78, 5) is 0. The van der Waals surface area contributed by atoms with Crippen LogP contribution in [0.1, 0.15) is 5.56 Å². The van der Waals surface area contributed by atoms with E-state index in [1.807, 2.05) is 0 Å². The van der Waals surface area contributed by atoms with E-state index in [0.717, 1.165) is 0 Å². The molecular weight excluding hydrogens is 291 g/mol. The van der Waals surface area contributed by atoms with Crippen molar-refractivity contribution < 1.29 is 17.9 Å². The Morgan fingerprint density at radius 1 is 1.15 bits per heavy atom. The van der Waals surface area contributed by atoms with Crippen LogP contribution in [0.3, 0.4) is 0 Å². The minimum Gasteiger partial charge on any atom is -0.435 e. The Hall–Kier alpha value is -1.88. The van der Waals surface area contributed by atoms with Crippen molar-refractivity contribution >= 4 is 17.3 Å². The van der Waals surface area contributed by atoms with Crippen LogP contribution >= 0.6 is 11.6 Å². The summed E-state index contributed by atoms with van der Waals surface area (Å²) in [6.45, 7) is -2.69. The van der Waals surface area contributed by atoms with Gasteiger partial charge in [-0.3, -0.25) is 0 Å². The van der Waals surface area contributed by atoms with Crippen molar-refractivity contribution in [2.24, 2.45) is 0 Å². The van der Waals surface area contributed by atoms with E-state index >= 15 is 0 Å². The number of rotatable bonds is 5. The number of hydrogen-bond donors (Lipinski definition) is 1. The van der Waals surface area contributed by atoms with Crippen molar-refractivity contribution in [3.8, 4) is 5.75 Å². The molecule has 0 aromatic heterocycles. The van der Waals surface area contributed by atoms with Crippen LogP contribution in [0.2, 0.25) is 5.02 Å². The third-order valence-corrected chi connectivity index (χ3v) is 2.87. The molecule has 0 heterocycles. The molecule has 0 unspecified atom stereocenters. The van der Waals surface area contributed by atoms with Crippen molar-refractivity contribution in [1.29, 1.82) is 0 Å². The second-order valence-electron chi connectivity index (χ2n) is 3.97. The second kappa shape index (κ2) is 6.52. The fourth-order valence-electron chi connectivity index (χ4n) is 1.66. The Morgan fingerprint density at radius 2 is 1.90 bits per heavy atom. The van der Waals surface area contributed by atoms with Crippen LogP contribution in [0, 0.1) is 5.82 Å². The Bertz CT molecular complexity index is 592. The molecule has 1 N–H and O–H groups in total. The molecule has 0 aliphatic heterocycles. The van der Waals surface area contributed by atoms with Gasteiger partial charge in [0.2, 0.25) is 0 Å². The number of anilines is 1. The summed E-state index contributed by atoms with van der Waals surface area (Å²) in [6.07, 6.45) is 0. The molecule has 0 aliphatic carbocycles. The Kier molecular flexibility index (Phi) is 4.74. The number of ether oxygens (including phenoxy) is 1. The largest absolute Gasteiger partial charge is 0.435 e. The molecule has 0 atom stereocenters. The highest BCUT2D eigenvalue weighted by molar-refractivity contribution is 6.30. The molecule has 2 aromatic rings. The predicted octanol–water partition coefficient (Wildman–Crippen LogP) is 4.69. The summed E-state index contributed by atoms with van der Waals surface area (Å²) >= 11 is 5.67. The number of hydrogen-bond acceptors (Lipinski definition) is 2. The van der Waals surface area contributed by atoms with Crippen molar-refractivity contribution in [3.63, 3.8) is 0 Å². The highest BCUT2D eigenvalue weighted by Crippen LogP contribution is 2.22. The highest BCUT2D eigenvalue weighted by Gasteiger charge is 2.07. The average molecular weight is 302 g/mol. The Balaban J connectivity index is 2.05.